The number of methoxy groups -OCH3 is 1. The number of fused-ring (bicyclic) bond motifs is 1. The lowest BCUT2D eigenvalue weighted by Crippen LogP contribution is -2.24. The van der Waals surface area contributed by atoms with Gasteiger partial charge < -0.3 is 14.1 Å². The van der Waals surface area contributed by atoms with Crippen LogP contribution in [0.2, 0.25) is 0 Å². The maximum Gasteiger partial charge on any atom is 0.272 e. The average Bonchev–Trinajstić information content (AvgIpc) is 3.28. The Bertz CT molecular complexity index is 867. The highest BCUT2D eigenvalue weighted by molar-refractivity contribution is 5.99. The highest BCUT2D eigenvalue weighted by Gasteiger charge is 2.41. The molecule has 3 heterocycles. The third-order valence-corrected chi connectivity index (χ3v) is 4.15. The zero-order chi connectivity index (χ0) is 16.0. The maximum atomic E-state index is 12.5. The Hall–Kier alpha value is -3.02. The predicted octanol–water partition coefficient (Wildman–Crippen LogP) is 2.85. The lowest BCUT2D eigenvalue weighted by molar-refractivity contribution is 0.0777. The number of rotatable bonds is 3. The van der Waals surface area contributed by atoms with Gasteiger partial charge in [0.2, 0.25) is 0 Å². The molecule has 0 fully saturated rings. The first-order valence-electron chi connectivity index (χ1n) is 7.24. The number of aromatic amines is 1. The van der Waals surface area contributed by atoms with E-state index in [1.54, 1.807) is 25.3 Å². The van der Waals surface area contributed by atoms with E-state index in [1.165, 1.54) is 0 Å². The second kappa shape index (κ2) is 5.01. The van der Waals surface area contributed by atoms with E-state index in [2.05, 4.69) is 10.2 Å². The number of aromatic nitrogens is 2. The Labute approximate surface area is 132 Å². The van der Waals surface area contributed by atoms with Gasteiger partial charge in [0.15, 0.2) is 0 Å². The molecule has 1 aliphatic rings. The Morgan fingerprint density at radius 2 is 2.17 bits per heavy atom. The van der Waals surface area contributed by atoms with Crippen LogP contribution < -0.4 is 4.74 Å². The molecule has 4 rings (SSSR count). The second-order valence-electron chi connectivity index (χ2n) is 5.43. The summed E-state index contributed by atoms with van der Waals surface area (Å²) in [5.74, 6) is 1.36. The molecule has 1 unspecified atom stereocenters. The van der Waals surface area contributed by atoms with Crippen molar-refractivity contribution in [2.45, 2.75) is 6.04 Å². The predicted molar refractivity (Wildman–Crippen MR) is 83.2 cm³/mol. The number of hydrogen-bond donors (Lipinski definition) is 1. The van der Waals surface area contributed by atoms with Gasteiger partial charge in [0.05, 0.1) is 19.1 Å². The number of H-pyrrole nitrogens is 1. The van der Waals surface area contributed by atoms with Gasteiger partial charge in [-0.15, -0.1) is 0 Å². The number of ether oxygens (including phenoxy) is 1. The quantitative estimate of drug-likeness (QED) is 0.807. The van der Waals surface area contributed by atoms with Crippen LogP contribution >= 0.6 is 0 Å². The molecular formula is C17H15N3O3. The molecular weight excluding hydrogens is 294 g/mol. The zero-order valence-electron chi connectivity index (χ0n) is 12.7. The van der Waals surface area contributed by atoms with Crippen LogP contribution in [0.15, 0.2) is 47.1 Å². The minimum atomic E-state index is -0.285. The number of carbonyl (C=O) groups is 1. The second-order valence-corrected chi connectivity index (χ2v) is 5.43. The van der Waals surface area contributed by atoms with Gasteiger partial charge in [-0.05, 0) is 24.3 Å². The summed E-state index contributed by atoms with van der Waals surface area (Å²) in [4.78, 5) is 14.1. The fourth-order valence-electron chi connectivity index (χ4n) is 3.04. The summed E-state index contributed by atoms with van der Waals surface area (Å²) in [6.07, 6.45) is 1.61. The van der Waals surface area contributed by atoms with Crippen molar-refractivity contribution in [3.8, 4) is 17.0 Å². The number of benzene rings is 1. The molecule has 0 saturated carbocycles. The summed E-state index contributed by atoms with van der Waals surface area (Å²) in [6, 6.07) is 11.0. The van der Waals surface area contributed by atoms with E-state index in [0.717, 1.165) is 22.6 Å². The fourth-order valence-corrected chi connectivity index (χ4v) is 3.04. The van der Waals surface area contributed by atoms with Gasteiger partial charge in [-0.1, -0.05) is 12.1 Å². The topological polar surface area (TPSA) is 71.4 Å². The van der Waals surface area contributed by atoms with E-state index in [0.29, 0.717) is 11.5 Å². The highest BCUT2D eigenvalue weighted by Crippen LogP contribution is 2.42. The monoisotopic (exact) mass is 309 g/mol. The average molecular weight is 309 g/mol. The molecule has 0 saturated heterocycles. The van der Waals surface area contributed by atoms with Crippen molar-refractivity contribution in [2.24, 2.45) is 0 Å². The van der Waals surface area contributed by atoms with E-state index in [4.69, 9.17) is 9.15 Å². The molecule has 1 N–H and O–H groups in total. The zero-order valence-corrected chi connectivity index (χ0v) is 12.7. The molecule has 6 nitrogen and oxygen atoms in total. The van der Waals surface area contributed by atoms with Crippen LogP contribution in [-0.2, 0) is 0 Å². The molecule has 0 spiro atoms. The molecule has 2 aromatic heterocycles. The summed E-state index contributed by atoms with van der Waals surface area (Å²) in [6.45, 7) is 0. The van der Waals surface area contributed by atoms with Crippen molar-refractivity contribution in [2.75, 3.05) is 14.2 Å². The van der Waals surface area contributed by atoms with Crippen LogP contribution in [0.5, 0.6) is 5.75 Å². The van der Waals surface area contributed by atoms with Crippen LogP contribution in [0.3, 0.4) is 0 Å². The Balaban J connectivity index is 1.89. The van der Waals surface area contributed by atoms with Gasteiger partial charge in [0.1, 0.15) is 23.2 Å². The third kappa shape index (κ3) is 1.95. The first-order chi connectivity index (χ1) is 11.2. The van der Waals surface area contributed by atoms with E-state index in [9.17, 15) is 4.79 Å². The molecule has 1 aromatic carbocycles. The summed E-state index contributed by atoms with van der Waals surface area (Å²) >= 11 is 0. The normalized spacial score (nSPS) is 16.7. The molecule has 23 heavy (non-hydrogen) atoms. The molecule has 1 atom stereocenters. The van der Waals surface area contributed by atoms with E-state index < -0.39 is 0 Å². The number of nitrogens with one attached hydrogen (secondary N) is 1. The molecule has 1 amide bonds. The third-order valence-electron chi connectivity index (χ3n) is 4.15. The molecule has 0 radical (unpaired) electrons. The van der Waals surface area contributed by atoms with Crippen molar-refractivity contribution < 1.29 is 13.9 Å². The van der Waals surface area contributed by atoms with Gasteiger partial charge in [0.25, 0.3) is 5.91 Å². The van der Waals surface area contributed by atoms with Crippen molar-refractivity contribution in [1.82, 2.24) is 15.1 Å². The fraction of sp³-hybridized carbons (Fsp3) is 0.176. The standard InChI is InChI=1S/C17H15N3O3/c1-20-16(12-7-4-8-23-12)13-14(18-19-15(13)17(20)21)10-5-3-6-11(9-10)22-2/h3-9,16H,1-2H3,(H,18,19). The van der Waals surface area contributed by atoms with Gasteiger partial charge in [-0.3, -0.25) is 9.89 Å². The highest BCUT2D eigenvalue weighted by atomic mass is 16.5. The van der Waals surface area contributed by atoms with Gasteiger partial charge in [0, 0.05) is 18.2 Å². The van der Waals surface area contributed by atoms with Crippen LogP contribution in [0.25, 0.3) is 11.3 Å². The summed E-state index contributed by atoms with van der Waals surface area (Å²) < 4.78 is 10.8. The molecule has 0 bridgehead atoms. The van der Waals surface area contributed by atoms with Crippen LogP contribution in [0.1, 0.15) is 27.9 Å². The molecule has 116 valence electrons. The number of nitrogens with zero attached hydrogens (tertiary/aromatic N) is 2. The Morgan fingerprint density at radius 3 is 2.91 bits per heavy atom. The minimum absolute atomic E-state index is 0.0944. The molecule has 6 heteroatoms. The molecule has 1 aliphatic heterocycles. The number of carbonyl (C=O) groups excluding carboxylic acids is 1. The molecule has 3 aromatic rings. The van der Waals surface area contributed by atoms with Crippen molar-refractivity contribution in [3.05, 3.63) is 59.7 Å². The SMILES string of the molecule is COc1cccc(-c2n[nH]c3c2C(c2ccco2)N(C)C3=O)c1. The minimum Gasteiger partial charge on any atom is -0.497 e. The van der Waals surface area contributed by atoms with Crippen molar-refractivity contribution >= 4 is 5.91 Å². The molecule has 0 aliphatic carbocycles. The Morgan fingerprint density at radius 1 is 1.30 bits per heavy atom. The number of furan rings is 1. The van der Waals surface area contributed by atoms with Crippen LogP contribution in [-0.4, -0.2) is 35.2 Å². The smallest absolute Gasteiger partial charge is 0.272 e. The van der Waals surface area contributed by atoms with E-state index in [1.807, 2.05) is 36.4 Å². The van der Waals surface area contributed by atoms with E-state index in [-0.39, 0.29) is 11.9 Å². The maximum absolute atomic E-state index is 12.5. The summed E-state index contributed by atoms with van der Waals surface area (Å²) in [5, 5.41) is 7.23. The first kappa shape index (κ1) is 13.6. The largest absolute Gasteiger partial charge is 0.497 e. The van der Waals surface area contributed by atoms with Crippen LogP contribution in [0.4, 0.5) is 0 Å². The first-order valence-corrected chi connectivity index (χ1v) is 7.24. The summed E-state index contributed by atoms with van der Waals surface area (Å²) in [7, 11) is 3.38. The number of amides is 1. The lowest BCUT2D eigenvalue weighted by atomic mass is 10.0. The van der Waals surface area contributed by atoms with Crippen LogP contribution in [0, 0.1) is 0 Å². The number of hydrogen-bond acceptors (Lipinski definition) is 4. The van der Waals surface area contributed by atoms with Gasteiger partial charge in [-0.2, -0.15) is 5.10 Å². The summed E-state index contributed by atoms with van der Waals surface area (Å²) in [5.41, 5.74) is 2.96. The van der Waals surface area contributed by atoms with Crippen molar-refractivity contribution in [3.63, 3.8) is 0 Å². The Kier molecular flexibility index (Phi) is 2.97. The van der Waals surface area contributed by atoms with E-state index >= 15 is 0 Å². The lowest BCUT2D eigenvalue weighted by Gasteiger charge is -2.19. The van der Waals surface area contributed by atoms with Gasteiger partial charge in [-0.25, -0.2) is 0 Å². The van der Waals surface area contributed by atoms with Gasteiger partial charge >= 0.3 is 0 Å². The van der Waals surface area contributed by atoms with Crippen molar-refractivity contribution in [1.29, 1.82) is 0 Å².